The molecular weight excluding hydrogens is 224 g/mol. The quantitative estimate of drug-likeness (QED) is 0.766. The highest BCUT2D eigenvalue weighted by molar-refractivity contribution is 4.84. The number of rotatable bonds is 6. The molecule has 0 saturated carbocycles. The van der Waals surface area contributed by atoms with E-state index < -0.39 is 0 Å². The fourth-order valence-corrected chi connectivity index (χ4v) is 3.19. The second-order valence-corrected chi connectivity index (χ2v) is 6.17. The molecule has 0 radical (unpaired) electrons. The molecular formula is C15H32N2O. The molecule has 0 amide bonds. The highest BCUT2D eigenvalue weighted by Gasteiger charge is 2.27. The van der Waals surface area contributed by atoms with Gasteiger partial charge in [0.2, 0.25) is 0 Å². The van der Waals surface area contributed by atoms with Crippen molar-refractivity contribution in [3.8, 4) is 0 Å². The average molecular weight is 256 g/mol. The Morgan fingerprint density at radius 2 is 2.00 bits per heavy atom. The number of aliphatic hydroxyl groups is 1. The van der Waals surface area contributed by atoms with Gasteiger partial charge in [-0.3, -0.25) is 4.90 Å². The van der Waals surface area contributed by atoms with Crippen LogP contribution in [0.25, 0.3) is 0 Å². The van der Waals surface area contributed by atoms with Gasteiger partial charge < -0.3 is 10.8 Å². The van der Waals surface area contributed by atoms with Crippen molar-refractivity contribution in [1.29, 1.82) is 0 Å². The minimum absolute atomic E-state index is 0.121. The van der Waals surface area contributed by atoms with Crippen LogP contribution in [0.5, 0.6) is 0 Å². The molecule has 3 nitrogen and oxygen atoms in total. The molecule has 1 heterocycles. The van der Waals surface area contributed by atoms with Crippen LogP contribution in [0, 0.1) is 11.8 Å². The van der Waals surface area contributed by atoms with Crippen molar-refractivity contribution < 1.29 is 5.11 Å². The smallest absolute Gasteiger partial charge is 0.0601 e. The maximum atomic E-state index is 9.62. The van der Waals surface area contributed by atoms with Crippen LogP contribution in [0.15, 0.2) is 0 Å². The lowest BCUT2D eigenvalue weighted by Crippen LogP contribution is -2.50. The van der Waals surface area contributed by atoms with Crippen molar-refractivity contribution in [3.05, 3.63) is 0 Å². The summed E-state index contributed by atoms with van der Waals surface area (Å²) < 4.78 is 0. The molecule has 108 valence electrons. The second-order valence-electron chi connectivity index (χ2n) is 6.17. The molecule has 0 bridgehead atoms. The van der Waals surface area contributed by atoms with Crippen molar-refractivity contribution in [3.63, 3.8) is 0 Å². The molecule has 1 aliphatic rings. The third kappa shape index (κ3) is 4.52. The molecule has 18 heavy (non-hydrogen) atoms. The lowest BCUT2D eigenvalue weighted by atomic mass is 9.89. The average Bonchev–Trinajstić information content (AvgIpc) is 2.56. The first-order valence-electron chi connectivity index (χ1n) is 7.70. The zero-order valence-electron chi connectivity index (χ0n) is 12.4. The van der Waals surface area contributed by atoms with E-state index in [0.717, 1.165) is 37.8 Å². The van der Waals surface area contributed by atoms with Crippen LogP contribution < -0.4 is 5.73 Å². The van der Waals surface area contributed by atoms with E-state index >= 15 is 0 Å². The SMILES string of the molecule is CCCC(N)C(CO)N1CCCC(C(C)C)CC1. The number of likely N-dealkylation sites (tertiary alicyclic amines) is 1. The van der Waals surface area contributed by atoms with Gasteiger partial charge in [-0.25, -0.2) is 0 Å². The summed E-state index contributed by atoms with van der Waals surface area (Å²) in [5, 5.41) is 9.62. The molecule has 3 N–H and O–H groups in total. The van der Waals surface area contributed by atoms with E-state index in [1.54, 1.807) is 0 Å². The Bertz CT molecular complexity index is 221. The Labute approximate surface area is 113 Å². The van der Waals surface area contributed by atoms with Crippen LogP contribution in [0.2, 0.25) is 0 Å². The molecule has 0 aliphatic carbocycles. The summed E-state index contributed by atoms with van der Waals surface area (Å²) in [6, 6.07) is 0.284. The van der Waals surface area contributed by atoms with E-state index in [0.29, 0.717) is 0 Å². The topological polar surface area (TPSA) is 49.5 Å². The molecule has 1 saturated heterocycles. The lowest BCUT2D eigenvalue weighted by Gasteiger charge is -2.33. The van der Waals surface area contributed by atoms with Crippen LogP contribution in [0.1, 0.15) is 52.9 Å². The van der Waals surface area contributed by atoms with Gasteiger partial charge in [-0.2, -0.15) is 0 Å². The number of hydrogen-bond donors (Lipinski definition) is 2. The molecule has 0 aromatic heterocycles. The summed E-state index contributed by atoms with van der Waals surface area (Å²) >= 11 is 0. The summed E-state index contributed by atoms with van der Waals surface area (Å²) in [7, 11) is 0. The maximum absolute atomic E-state index is 9.62. The summed E-state index contributed by atoms with van der Waals surface area (Å²) in [5.74, 6) is 1.62. The molecule has 1 fully saturated rings. The van der Waals surface area contributed by atoms with Gasteiger partial charge in [0.15, 0.2) is 0 Å². The van der Waals surface area contributed by atoms with Gasteiger partial charge in [-0.05, 0) is 50.6 Å². The molecule has 1 rings (SSSR count). The van der Waals surface area contributed by atoms with E-state index in [1.807, 2.05) is 0 Å². The minimum Gasteiger partial charge on any atom is -0.395 e. The Kier molecular flexibility index (Phi) is 7.20. The van der Waals surface area contributed by atoms with Gasteiger partial charge in [-0.1, -0.05) is 27.2 Å². The van der Waals surface area contributed by atoms with Crippen molar-refractivity contribution in [2.24, 2.45) is 17.6 Å². The highest BCUT2D eigenvalue weighted by Crippen LogP contribution is 2.26. The fraction of sp³-hybridized carbons (Fsp3) is 1.00. The Morgan fingerprint density at radius 3 is 2.56 bits per heavy atom. The Morgan fingerprint density at radius 1 is 1.28 bits per heavy atom. The third-order valence-corrected chi connectivity index (χ3v) is 4.52. The summed E-state index contributed by atoms with van der Waals surface area (Å²) in [5.41, 5.74) is 6.21. The van der Waals surface area contributed by atoms with E-state index in [1.165, 1.54) is 19.3 Å². The van der Waals surface area contributed by atoms with Crippen LogP contribution in [0.3, 0.4) is 0 Å². The van der Waals surface area contributed by atoms with Crippen molar-refractivity contribution in [2.45, 2.75) is 65.0 Å². The van der Waals surface area contributed by atoms with Gasteiger partial charge in [-0.15, -0.1) is 0 Å². The van der Waals surface area contributed by atoms with Crippen LogP contribution in [-0.4, -0.2) is 41.8 Å². The first-order chi connectivity index (χ1) is 8.60. The van der Waals surface area contributed by atoms with Crippen LogP contribution >= 0.6 is 0 Å². The van der Waals surface area contributed by atoms with Gasteiger partial charge in [0.1, 0.15) is 0 Å². The molecule has 3 heteroatoms. The van der Waals surface area contributed by atoms with Crippen LogP contribution in [0.4, 0.5) is 0 Å². The van der Waals surface area contributed by atoms with Crippen molar-refractivity contribution in [2.75, 3.05) is 19.7 Å². The Hall–Kier alpha value is -0.120. The van der Waals surface area contributed by atoms with Gasteiger partial charge in [0, 0.05) is 12.1 Å². The largest absolute Gasteiger partial charge is 0.395 e. The number of nitrogens with two attached hydrogens (primary N) is 1. The normalized spacial score (nSPS) is 26.0. The molecule has 1 aliphatic heterocycles. The second kappa shape index (κ2) is 8.13. The predicted molar refractivity (Wildman–Crippen MR) is 77.5 cm³/mol. The van der Waals surface area contributed by atoms with Gasteiger partial charge in [0.25, 0.3) is 0 Å². The molecule has 0 aromatic rings. The van der Waals surface area contributed by atoms with Crippen molar-refractivity contribution >= 4 is 0 Å². The van der Waals surface area contributed by atoms with Gasteiger partial charge in [0.05, 0.1) is 6.61 Å². The zero-order valence-corrected chi connectivity index (χ0v) is 12.4. The number of hydrogen-bond acceptors (Lipinski definition) is 3. The zero-order chi connectivity index (χ0) is 13.5. The fourth-order valence-electron chi connectivity index (χ4n) is 3.19. The minimum atomic E-state index is 0.121. The number of nitrogens with zero attached hydrogens (tertiary/aromatic N) is 1. The van der Waals surface area contributed by atoms with Crippen LogP contribution in [-0.2, 0) is 0 Å². The molecule has 3 atom stereocenters. The monoisotopic (exact) mass is 256 g/mol. The number of aliphatic hydroxyl groups excluding tert-OH is 1. The lowest BCUT2D eigenvalue weighted by molar-refractivity contribution is 0.102. The summed E-state index contributed by atoms with van der Waals surface area (Å²) in [4.78, 5) is 2.43. The first-order valence-corrected chi connectivity index (χ1v) is 7.70. The summed E-state index contributed by atoms with van der Waals surface area (Å²) in [6.07, 6.45) is 5.94. The van der Waals surface area contributed by atoms with Gasteiger partial charge >= 0.3 is 0 Å². The summed E-state index contributed by atoms with van der Waals surface area (Å²) in [6.45, 7) is 9.22. The Balaban J connectivity index is 2.54. The predicted octanol–water partition coefficient (Wildman–Crippen LogP) is 2.23. The molecule has 3 unspecified atom stereocenters. The highest BCUT2D eigenvalue weighted by atomic mass is 16.3. The van der Waals surface area contributed by atoms with E-state index in [9.17, 15) is 5.11 Å². The molecule has 0 aromatic carbocycles. The first kappa shape index (κ1) is 15.9. The standard InChI is InChI=1S/C15H32N2O/c1-4-6-14(16)15(11-18)17-9-5-7-13(8-10-17)12(2)3/h12-15,18H,4-11,16H2,1-3H3. The third-order valence-electron chi connectivity index (χ3n) is 4.52. The molecule has 0 spiro atoms. The maximum Gasteiger partial charge on any atom is 0.0601 e. The van der Waals surface area contributed by atoms with E-state index in [-0.39, 0.29) is 18.7 Å². The van der Waals surface area contributed by atoms with Crippen molar-refractivity contribution in [1.82, 2.24) is 4.90 Å². The van der Waals surface area contributed by atoms with E-state index in [2.05, 4.69) is 25.7 Å². The van der Waals surface area contributed by atoms with E-state index in [4.69, 9.17) is 5.73 Å².